The van der Waals surface area contributed by atoms with Crippen LogP contribution in [-0.4, -0.2) is 39.5 Å². The molecule has 2 aromatic rings. The van der Waals surface area contributed by atoms with Gasteiger partial charge in [-0.1, -0.05) is 23.7 Å². The average molecular weight is 378 g/mol. The van der Waals surface area contributed by atoms with Crippen LogP contribution in [0, 0.1) is 0 Å². The second kappa shape index (κ2) is 7.88. The second-order valence-corrected chi connectivity index (χ2v) is 6.78. The predicted molar refractivity (Wildman–Crippen MR) is 94.9 cm³/mol. The molecule has 1 saturated heterocycles. The fraction of sp³-hybridized carbons (Fsp3) is 0.389. The van der Waals surface area contributed by atoms with Crippen molar-refractivity contribution in [3.05, 3.63) is 52.8 Å². The molecular weight excluding hydrogens is 358 g/mol. The van der Waals surface area contributed by atoms with Crippen molar-refractivity contribution in [2.45, 2.75) is 30.9 Å². The van der Waals surface area contributed by atoms with Gasteiger partial charge in [0.2, 0.25) is 5.91 Å². The predicted octanol–water partition coefficient (Wildman–Crippen LogP) is 2.28. The molecule has 1 fully saturated rings. The molecule has 1 aromatic carbocycles. The van der Waals surface area contributed by atoms with Gasteiger partial charge in [0.25, 0.3) is 0 Å². The molecule has 7 nitrogen and oxygen atoms in total. The summed E-state index contributed by atoms with van der Waals surface area (Å²) in [4.78, 5) is 24.0. The van der Waals surface area contributed by atoms with Gasteiger partial charge >= 0.3 is 5.97 Å². The summed E-state index contributed by atoms with van der Waals surface area (Å²) in [5.41, 5.74) is 1.58. The van der Waals surface area contributed by atoms with E-state index in [1.807, 2.05) is 13.2 Å². The van der Waals surface area contributed by atoms with Crippen molar-refractivity contribution in [2.75, 3.05) is 6.61 Å². The van der Waals surface area contributed by atoms with Crippen LogP contribution in [0.3, 0.4) is 0 Å². The van der Waals surface area contributed by atoms with E-state index in [0.29, 0.717) is 23.6 Å². The molecular formula is C18H20ClN3O4. The van der Waals surface area contributed by atoms with Crippen molar-refractivity contribution in [1.29, 1.82) is 0 Å². The van der Waals surface area contributed by atoms with Gasteiger partial charge in [0.05, 0.1) is 18.7 Å². The SMILES string of the molecule is Cn1cc([C@@H]2CCO[C@@H]2C(=O)N[C@H](CC(=O)O)c2cccc(Cl)c2)cn1. The third kappa shape index (κ3) is 4.23. The molecule has 3 rings (SSSR count). The standard InChI is InChI=1S/C18H20ClN3O4/c1-22-10-12(9-20-22)14-5-6-26-17(14)18(25)21-15(8-16(23)24)11-3-2-4-13(19)7-11/h2-4,7,9-10,14-15,17H,5-6,8H2,1H3,(H,21,25)(H,23,24)/t14-,15+,17-/m0/s1. The Kier molecular flexibility index (Phi) is 5.58. The Morgan fingerprint density at radius 2 is 2.31 bits per heavy atom. The summed E-state index contributed by atoms with van der Waals surface area (Å²) in [6, 6.07) is 6.14. The Morgan fingerprint density at radius 1 is 1.50 bits per heavy atom. The summed E-state index contributed by atoms with van der Waals surface area (Å²) in [5.74, 6) is -1.44. The maximum Gasteiger partial charge on any atom is 0.305 e. The van der Waals surface area contributed by atoms with Crippen LogP contribution in [-0.2, 0) is 21.4 Å². The molecule has 1 aromatic heterocycles. The normalized spacial score (nSPS) is 20.7. The van der Waals surface area contributed by atoms with Gasteiger partial charge in [0.15, 0.2) is 0 Å². The number of aromatic nitrogens is 2. The van der Waals surface area contributed by atoms with Gasteiger partial charge < -0.3 is 15.2 Å². The Morgan fingerprint density at radius 3 is 2.96 bits per heavy atom. The minimum Gasteiger partial charge on any atom is -0.481 e. The highest BCUT2D eigenvalue weighted by molar-refractivity contribution is 6.30. The quantitative estimate of drug-likeness (QED) is 0.805. The second-order valence-electron chi connectivity index (χ2n) is 6.35. The first-order valence-electron chi connectivity index (χ1n) is 8.32. The topological polar surface area (TPSA) is 93.5 Å². The molecule has 8 heteroatoms. The first-order chi connectivity index (χ1) is 12.4. The summed E-state index contributed by atoms with van der Waals surface area (Å²) in [5, 5.41) is 16.6. The first kappa shape index (κ1) is 18.4. The number of ether oxygens (including phenoxy) is 1. The van der Waals surface area contributed by atoms with E-state index in [2.05, 4.69) is 10.4 Å². The molecule has 0 saturated carbocycles. The zero-order chi connectivity index (χ0) is 18.7. The molecule has 0 unspecified atom stereocenters. The number of halogens is 1. The number of hydrogen-bond acceptors (Lipinski definition) is 4. The van der Waals surface area contributed by atoms with Crippen LogP contribution in [0.4, 0.5) is 0 Å². The number of nitrogens with zero attached hydrogens (tertiary/aromatic N) is 2. The van der Waals surface area contributed by atoms with Crippen molar-refractivity contribution >= 4 is 23.5 Å². The van der Waals surface area contributed by atoms with E-state index in [-0.39, 0.29) is 18.2 Å². The largest absolute Gasteiger partial charge is 0.481 e. The van der Waals surface area contributed by atoms with Crippen molar-refractivity contribution in [3.63, 3.8) is 0 Å². The molecule has 0 aliphatic carbocycles. The first-order valence-corrected chi connectivity index (χ1v) is 8.69. The van der Waals surface area contributed by atoms with Crippen molar-refractivity contribution in [1.82, 2.24) is 15.1 Å². The number of carbonyl (C=O) groups is 2. The summed E-state index contributed by atoms with van der Waals surface area (Å²) < 4.78 is 7.32. The zero-order valence-electron chi connectivity index (χ0n) is 14.3. The van der Waals surface area contributed by atoms with Gasteiger partial charge in [-0.15, -0.1) is 0 Å². The third-order valence-corrected chi connectivity index (χ3v) is 4.68. The highest BCUT2D eigenvalue weighted by atomic mass is 35.5. The van der Waals surface area contributed by atoms with Crippen molar-refractivity contribution < 1.29 is 19.4 Å². The molecule has 2 heterocycles. The van der Waals surface area contributed by atoms with Crippen LogP contribution < -0.4 is 5.32 Å². The van der Waals surface area contributed by atoms with E-state index in [9.17, 15) is 14.7 Å². The van der Waals surface area contributed by atoms with Crippen LogP contribution in [0.25, 0.3) is 0 Å². The maximum absolute atomic E-state index is 12.8. The zero-order valence-corrected chi connectivity index (χ0v) is 15.0. The van der Waals surface area contributed by atoms with Gasteiger partial charge in [0, 0.05) is 30.8 Å². The average Bonchev–Trinajstić information content (AvgIpc) is 3.22. The molecule has 1 aliphatic heterocycles. The van der Waals surface area contributed by atoms with E-state index in [4.69, 9.17) is 16.3 Å². The number of rotatable bonds is 6. The number of carbonyl (C=O) groups excluding carboxylic acids is 1. The van der Waals surface area contributed by atoms with Gasteiger partial charge in [0.1, 0.15) is 6.10 Å². The van der Waals surface area contributed by atoms with Gasteiger partial charge in [-0.05, 0) is 29.7 Å². The molecule has 138 valence electrons. The van der Waals surface area contributed by atoms with E-state index >= 15 is 0 Å². The lowest BCUT2D eigenvalue weighted by Gasteiger charge is -2.22. The molecule has 0 radical (unpaired) electrons. The van der Waals surface area contributed by atoms with Crippen LogP contribution in [0.5, 0.6) is 0 Å². The number of carboxylic acids is 1. The Hall–Kier alpha value is -2.38. The van der Waals surface area contributed by atoms with Crippen LogP contribution in [0.2, 0.25) is 5.02 Å². The number of nitrogens with one attached hydrogen (secondary N) is 1. The summed E-state index contributed by atoms with van der Waals surface area (Å²) in [6.07, 6.45) is 3.40. The number of hydrogen-bond donors (Lipinski definition) is 2. The fourth-order valence-electron chi connectivity index (χ4n) is 3.23. The molecule has 26 heavy (non-hydrogen) atoms. The van der Waals surface area contributed by atoms with Crippen LogP contribution in [0.1, 0.15) is 35.9 Å². The molecule has 2 N–H and O–H groups in total. The number of benzene rings is 1. The van der Waals surface area contributed by atoms with E-state index in [0.717, 1.165) is 5.56 Å². The monoisotopic (exact) mass is 377 g/mol. The van der Waals surface area contributed by atoms with E-state index < -0.39 is 18.1 Å². The Labute approximate surface area is 155 Å². The minimum absolute atomic E-state index is 0.103. The lowest BCUT2D eigenvalue weighted by atomic mass is 9.94. The van der Waals surface area contributed by atoms with Crippen LogP contribution >= 0.6 is 11.6 Å². The third-order valence-electron chi connectivity index (χ3n) is 4.45. The summed E-state index contributed by atoms with van der Waals surface area (Å²) in [6.45, 7) is 0.471. The highest BCUT2D eigenvalue weighted by Crippen LogP contribution is 2.32. The summed E-state index contributed by atoms with van der Waals surface area (Å²) in [7, 11) is 1.82. The highest BCUT2D eigenvalue weighted by Gasteiger charge is 2.37. The summed E-state index contributed by atoms with van der Waals surface area (Å²) >= 11 is 6.00. The minimum atomic E-state index is -1.01. The number of aliphatic carboxylic acids is 1. The molecule has 0 spiro atoms. The van der Waals surface area contributed by atoms with Gasteiger partial charge in [-0.25, -0.2) is 0 Å². The molecule has 3 atom stereocenters. The molecule has 1 amide bonds. The van der Waals surface area contributed by atoms with E-state index in [1.165, 1.54) is 0 Å². The molecule has 0 bridgehead atoms. The number of amides is 1. The van der Waals surface area contributed by atoms with Gasteiger partial charge in [-0.2, -0.15) is 5.10 Å². The smallest absolute Gasteiger partial charge is 0.305 e. The lowest BCUT2D eigenvalue weighted by Crippen LogP contribution is -2.40. The molecule has 1 aliphatic rings. The number of carboxylic acid groups (broad SMARTS) is 1. The van der Waals surface area contributed by atoms with E-state index in [1.54, 1.807) is 35.1 Å². The Balaban J connectivity index is 1.77. The van der Waals surface area contributed by atoms with Crippen LogP contribution in [0.15, 0.2) is 36.7 Å². The Bertz CT molecular complexity index is 807. The fourth-order valence-corrected chi connectivity index (χ4v) is 3.42. The maximum atomic E-state index is 12.8. The van der Waals surface area contributed by atoms with Crippen molar-refractivity contribution in [2.24, 2.45) is 7.05 Å². The van der Waals surface area contributed by atoms with Gasteiger partial charge in [-0.3, -0.25) is 14.3 Å². The van der Waals surface area contributed by atoms with Crippen molar-refractivity contribution in [3.8, 4) is 0 Å². The number of aryl methyl sites for hydroxylation is 1. The lowest BCUT2D eigenvalue weighted by molar-refractivity contribution is -0.138.